The molecule has 2 rings (SSSR count). The second kappa shape index (κ2) is 4.46. The molecule has 0 atom stereocenters. The van der Waals surface area contributed by atoms with Crippen LogP contribution in [-0.4, -0.2) is 25.5 Å². The van der Waals surface area contributed by atoms with E-state index >= 15 is 0 Å². The molecule has 104 valence electrons. The number of benzene rings is 1. The Bertz CT molecular complexity index is 633. The number of sulfonamides is 1. The van der Waals surface area contributed by atoms with E-state index in [2.05, 4.69) is 26.4 Å². The Labute approximate surface area is 112 Å². The van der Waals surface area contributed by atoms with Crippen LogP contribution in [0, 0.1) is 0 Å². The van der Waals surface area contributed by atoms with E-state index in [1.165, 1.54) is 6.07 Å². The predicted molar refractivity (Wildman–Crippen MR) is 66.8 cm³/mol. The molecule has 0 radical (unpaired) electrons. The van der Waals surface area contributed by atoms with Crippen molar-refractivity contribution in [1.29, 1.82) is 0 Å². The third-order valence-corrected chi connectivity index (χ3v) is 3.57. The van der Waals surface area contributed by atoms with Gasteiger partial charge in [0.25, 0.3) is 0 Å². The number of fused-ring (bicyclic) bond motifs is 1. The molecule has 0 bridgehead atoms. The summed E-state index contributed by atoms with van der Waals surface area (Å²) in [4.78, 5) is -0.209. The van der Waals surface area contributed by atoms with Crippen LogP contribution in [0.25, 0.3) is 0 Å². The van der Waals surface area contributed by atoms with Gasteiger partial charge in [0, 0.05) is 6.07 Å². The lowest BCUT2D eigenvalue weighted by atomic mass is 10.3. The van der Waals surface area contributed by atoms with Gasteiger partial charge in [-0.15, -0.1) is 8.78 Å². The number of thiocarbonyl (C=S) groups is 1. The summed E-state index contributed by atoms with van der Waals surface area (Å²) in [5.74, 6) is -0.991. The third kappa shape index (κ3) is 3.41. The summed E-state index contributed by atoms with van der Waals surface area (Å²) < 4.78 is 59.1. The zero-order valence-corrected chi connectivity index (χ0v) is 10.9. The van der Waals surface area contributed by atoms with E-state index in [9.17, 15) is 17.2 Å². The lowest BCUT2D eigenvalue weighted by Crippen LogP contribution is -2.26. The minimum Gasteiger partial charge on any atom is -0.395 e. The maximum atomic E-state index is 12.8. The molecule has 0 unspecified atom stereocenters. The number of halogens is 2. The van der Waals surface area contributed by atoms with Crippen LogP contribution in [0.1, 0.15) is 0 Å². The first kappa shape index (κ1) is 13.7. The van der Waals surface area contributed by atoms with Gasteiger partial charge in [0.1, 0.15) is 5.75 Å². The average Bonchev–Trinajstić information content (AvgIpc) is 2.47. The van der Waals surface area contributed by atoms with Crippen molar-refractivity contribution in [3.63, 3.8) is 0 Å². The highest BCUT2D eigenvalue weighted by Gasteiger charge is 2.43. The van der Waals surface area contributed by atoms with Gasteiger partial charge < -0.3 is 15.2 Å². The van der Waals surface area contributed by atoms with Gasteiger partial charge in [-0.1, -0.05) is 12.2 Å². The van der Waals surface area contributed by atoms with E-state index in [4.69, 9.17) is 5.73 Å². The number of hydrogen-bond acceptors (Lipinski definition) is 5. The number of ether oxygens (including phenoxy) is 2. The van der Waals surface area contributed by atoms with E-state index in [0.717, 1.165) is 12.1 Å². The summed E-state index contributed by atoms with van der Waals surface area (Å²) in [5.41, 5.74) is 5.16. The molecule has 0 fully saturated rings. The summed E-state index contributed by atoms with van der Waals surface area (Å²) in [6.07, 6.45) is -3.75. The lowest BCUT2D eigenvalue weighted by Gasteiger charge is -2.07. The minimum atomic E-state index is -3.78. The molecule has 0 saturated carbocycles. The highest BCUT2D eigenvalue weighted by molar-refractivity contribution is 7.95. The molecule has 1 aliphatic heterocycles. The Morgan fingerprint density at radius 3 is 2.63 bits per heavy atom. The van der Waals surface area contributed by atoms with Crippen LogP contribution in [0.4, 0.5) is 14.5 Å². The van der Waals surface area contributed by atoms with E-state index in [-0.39, 0.29) is 22.2 Å². The van der Waals surface area contributed by atoms with Crippen LogP contribution >= 0.6 is 12.2 Å². The maximum Gasteiger partial charge on any atom is 0.586 e. The molecule has 0 aliphatic carbocycles. The van der Waals surface area contributed by atoms with Gasteiger partial charge >= 0.3 is 6.29 Å². The quantitative estimate of drug-likeness (QED) is 0.807. The third-order valence-electron chi connectivity index (χ3n) is 2.01. The number of nitrogens with two attached hydrogens (primary N) is 1. The van der Waals surface area contributed by atoms with Gasteiger partial charge in [0.15, 0.2) is 11.5 Å². The van der Waals surface area contributed by atoms with Crippen LogP contribution in [0.2, 0.25) is 0 Å². The van der Waals surface area contributed by atoms with Crippen molar-refractivity contribution in [2.24, 2.45) is 5.73 Å². The van der Waals surface area contributed by atoms with Crippen LogP contribution in [0.5, 0.6) is 11.5 Å². The molecule has 0 spiro atoms. The first-order valence-corrected chi connectivity index (χ1v) is 6.92. The Balaban J connectivity index is 2.19. The van der Waals surface area contributed by atoms with Gasteiger partial charge in [0.2, 0.25) is 10.0 Å². The largest absolute Gasteiger partial charge is 0.586 e. The SMILES string of the molecule is NC(=S)CS(=O)(=O)Nc1ccc2c(c1)OC(F)(F)O2. The molecular formula is C9H8F2N2O4S2. The average molecular weight is 310 g/mol. The van der Waals surface area contributed by atoms with Crippen molar-refractivity contribution in [3.8, 4) is 11.5 Å². The Morgan fingerprint density at radius 1 is 1.37 bits per heavy atom. The van der Waals surface area contributed by atoms with Crippen LogP contribution in [0.15, 0.2) is 18.2 Å². The molecule has 1 aromatic carbocycles. The summed E-state index contributed by atoms with van der Waals surface area (Å²) in [5, 5.41) is 0. The highest BCUT2D eigenvalue weighted by Crippen LogP contribution is 2.42. The highest BCUT2D eigenvalue weighted by atomic mass is 32.2. The van der Waals surface area contributed by atoms with Gasteiger partial charge in [0.05, 0.1) is 10.7 Å². The zero-order chi connectivity index (χ0) is 14.3. The molecule has 3 N–H and O–H groups in total. The van der Waals surface area contributed by atoms with Gasteiger partial charge in [-0.2, -0.15) is 0 Å². The topological polar surface area (TPSA) is 90.7 Å². The monoisotopic (exact) mass is 310 g/mol. The molecular weight excluding hydrogens is 302 g/mol. The summed E-state index contributed by atoms with van der Waals surface area (Å²) in [7, 11) is -3.78. The fourth-order valence-corrected chi connectivity index (χ4v) is 2.81. The van der Waals surface area contributed by atoms with Crippen LogP contribution in [0.3, 0.4) is 0 Å². The van der Waals surface area contributed by atoms with Crippen molar-refractivity contribution < 1.29 is 26.7 Å². The van der Waals surface area contributed by atoms with Crippen molar-refractivity contribution >= 4 is 32.9 Å². The zero-order valence-electron chi connectivity index (χ0n) is 9.22. The van der Waals surface area contributed by atoms with E-state index in [1.807, 2.05) is 0 Å². The number of rotatable bonds is 4. The maximum absolute atomic E-state index is 12.8. The fourth-order valence-electron chi connectivity index (χ4n) is 1.42. The Kier molecular flexibility index (Phi) is 3.22. The molecule has 1 aromatic rings. The van der Waals surface area contributed by atoms with Crippen molar-refractivity contribution in [1.82, 2.24) is 0 Å². The fraction of sp³-hybridized carbons (Fsp3) is 0.222. The molecule has 19 heavy (non-hydrogen) atoms. The van der Waals surface area contributed by atoms with Gasteiger partial charge in [-0.25, -0.2) is 8.42 Å². The minimum absolute atomic E-state index is 0.0382. The molecule has 0 aromatic heterocycles. The normalized spacial score (nSPS) is 16.1. The van der Waals surface area contributed by atoms with E-state index < -0.39 is 22.1 Å². The molecule has 0 amide bonds. The number of hydrogen-bond donors (Lipinski definition) is 2. The summed E-state index contributed by atoms with van der Waals surface area (Å²) >= 11 is 4.48. The Morgan fingerprint density at radius 2 is 2.00 bits per heavy atom. The summed E-state index contributed by atoms with van der Waals surface area (Å²) in [6.45, 7) is 0. The number of nitrogens with one attached hydrogen (secondary N) is 1. The van der Waals surface area contributed by atoms with E-state index in [0.29, 0.717) is 0 Å². The first-order valence-electron chi connectivity index (χ1n) is 4.85. The molecule has 6 nitrogen and oxygen atoms in total. The number of alkyl halides is 2. The standard InChI is InChI=1S/C9H8F2N2O4S2/c10-9(11)16-6-2-1-5(3-7(6)17-9)13-19(14,15)4-8(12)18/h1-3,13H,4H2,(H2,12,18). The smallest absolute Gasteiger partial charge is 0.395 e. The van der Waals surface area contributed by atoms with Crippen molar-refractivity contribution in [3.05, 3.63) is 18.2 Å². The Hall–Kier alpha value is -1.68. The predicted octanol–water partition coefficient (Wildman–Crippen LogP) is 1.04. The number of anilines is 1. The molecule has 1 aliphatic rings. The molecule has 0 saturated heterocycles. The second-order valence-electron chi connectivity index (χ2n) is 3.66. The first-order chi connectivity index (χ1) is 8.67. The van der Waals surface area contributed by atoms with Gasteiger partial charge in [-0.3, -0.25) is 4.72 Å². The lowest BCUT2D eigenvalue weighted by molar-refractivity contribution is -0.286. The molecule has 10 heteroatoms. The van der Waals surface area contributed by atoms with Crippen molar-refractivity contribution in [2.75, 3.05) is 10.5 Å². The van der Waals surface area contributed by atoms with Crippen LogP contribution < -0.4 is 19.9 Å². The van der Waals surface area contributed by atoms with Crippen molar-refractivity contribution in [2.45, 2.75) is 6.29 Å². The summed E-state index contributed by atoms with van der Waals surface area (Å²) in [6, 6.07) is 3.49. The van der Waals surface area contributed by atoms with Crippen LogP contribution in [-0.2, 0) is 10.0 Å². The second-order valence-corrected chi connectivity index (χ2v) is 5.90. The molecule has 1 heterocycles. The van der Waals surface area contributed by atoms with E-state index in [1.54, 1.807) is 0 Å². The van der Waals surface area contributed by atoms with Gasteiger partial charge in [-0.05, 0) is 12.1 Å².